The van der Waals surface area contributed by atoms with Crippen molar-refractivity contribution in [3.8, 4) is 0 Å². The molecule has 0 rings (SSSR count). The molecule has 38 valence electrons. The number of hydrogen-bond acceptors (Lipinski definition) is 3. The number of aliphatic hydroxyl groups is 2. The molecule has 0 aromatic rings. The predicted octanol–water partition coefficient (Wildman–Crippen LogP) is -0.383. The molecule has 0 fully saturated rings. The van der Waals surface area contributed by atoms with E-state index in [0.717, 1.165) is 0 Å². The van der Waals surface area contributed by atoms with Gasteiger partial charge in [0.15, 0.2) is 0 Å². The molecule has 0 heterocycles. The molecule has 0 bridgehead atoms. The fourth-order valence-electron chi connectivity index (χ4n) is 0. The zero-order valence-corrected chi connectivity index (χ0v) is 4.44. The van der Waals surface area contributed by atoms with Crippen molar-refractivity contribution in [1.29, 1.82) is 0 Å². The average molecular weight is 108 g/mol. The summed E-state index contributed by atoms with van der Waals surface area (Å²) in [6.45, 7) is 1.10. The lowest BCUT2D eigenvalue weighted by atomic mass is 10.4. The lowest BCUT2D eigenvalue weighted by molar-refractivity contribution is 0.0823. The lowest BCUT2D eigenvalue weighted by Gasteiger charge is -2.09. The number of rotatable bonds is 1. The zero-order chi connectivity index (χ0) is 5.21. The lowest BCUT2D eigenvalue weighted by Crippen LogP contribution is -2.19. The summed E-state index contributed by atoms with van der Waals surface area (Å²) >= 11 is 3.56. The van der Waals surface area contributed by atoms with Crippen molar-refractivity contribution in [2.24, 2.45) is 0 Å². The third-order valence-corrected chi connectivity index (χ3v) is 0.441. The Balaban J connectivity index is 3.17. The second-order valence-electron chi connectivity index (χ2n) is 1.38. The van der Waals surface area contributed by atoms with Gasteiger partial charge in [-0.25, -0.2) is 0 Å². The molecule has 0 spiro atoms. The van der Waals surface area contributed by atoms with E-state index in [-0.39, 0.29) is 6.61 Å². The Morgan fingerprint density at radius 2 is 2.00 bits per heavy atom. The number of hydrogen-bond donors (Lipinski definition) is 3. The minimum atomic E-state index is -1.21. The minimum absolute atomic E-state index is 0.309. The van der Waals surface area contributed by atoms with Gasteiger partial charge in [-0.15, -0.1) is 12.6 Å². The van der Waals surface area contributed by atoms with Gasteiger partial charge in [0.1, 0.15) is 4.93 Å². The van der Waals surface area contributed by atoms with Crippen molar-refractivity contribution in [2.45, 2.75) is 11.9 Å². The van der Waals surface area contributed by atoms with E-state index in [1.165, 1.54) is 6.92 Å². The fourth-order valence-corrected chi connectivity index (χ4v) is 0. The zero-order valence-electron chi connectivity index (χ0n) is 3.55. The first-order valence-corrected chi connectivity index (χ1v) is 2.06. The van der Waals surface area contributed by atoms with Crippen LogP contribution in [0.3, 0.4) is 0 Å². The van der Waals surface area contributed by atoms with Crippen LogP contribution in [0.5, 0.6) is 0 Å². The molecule has 0 aromatic heterocycles. The Bertz CT molecular complexity index is 38.5. The van der Waals surface area contributed by atoms with Gasteiger partial charge < -0.3 is 10.2 Å². The quantitative estimate of drug-likeness (QED) is 0.316. The smallest absolute Gasteiger partial charge is 0.127 e. The number of aliphatic hydroxyl groups excluding tert-OH is 1. The third-order valence-electron chi connectivity index (χ3n) is 0.300. The minimum Gasteiger partial charge on any atom is -0.392 e. The largest absolute Gasteiger partial charge is 0.392 e. The van der Waals surface area contributed by atoms with Crippen LogP contribution in [0.1, 0.15) is 6.92 Å². The molecular formula is C3H8O2S. The van der Waals surface area contributed by atoms with Crippen LogP contribution < -0.4 is 0 Å². The van der Waals surface area contributed by atoms with Crippen molar-refractivity contribution >= 4 is 12.6 Å². The van der Waals surface area contributed by atoms with Gasteiger partial charge in [0.25, 0.3) is 0 Å². The van der Waals surface area contributed by atoms with Crippen LogP contribution in [-0.2, 0) is 0 Å². The Kier molecular flexibility index (Phi) is 1.90. The van der Waals surface area contributed by atoms with Gasteiger partial charge in [-0.05, 0) is 6.92 Å². The first-order chi connectivity index (χ1) is 2.56. The van der Waals surface area contributed by atoms with E-state index in [1.54, 1.807) is 0 Å². The summed E-state index contributed by atoms with van der Waals surface area (Å²) in [4.78, 5) is -1.21. The highest BCUT2D eigenvalue weighted by atomic mass is 32.1. The molecule has 0 aromatic carbocycles. The van der Waals surface area contributed by atoms with Crippen LogP contribution in [0, 0.1) is 0 Å². The van der Waals surface area contributed by atoms with Crippen molar-refractivity contribution in [3.63, 3.8) is 0 Å². The van der Waals surface area contributed by atoms with E-state index in [1.807, 2.05) is 0 Å². The van der Waals surface area contributed by atoms with Crippen molar-refractivity contribution < 1.29 is 10.2 Å². The highest BCUT2D eigenvalue weighted by Gasteiger charge is 2.09. The Morgan fingerprint density at radius 3 is 2.00 bits per heavy atom. The molecule has 0 aliphatic rings. The molecule has 1 unspecified atom stereocenters. The van der Waals surface area contributed by atoms with Crippen molar-refractivity contribution in [3.05, 3.63) is 0 Å². The van der Waals surface area contributed by atoms with Crippen LogP contribution in [0.25, 0.3) is 0 Å². The molecule has 2 nitrogen and oxygen atoms in total. The van der Waals surface area contributed by atoms with Gasteiger partial charge in [-0.1, -0.05) is 0 Å². The molecule has 0 saturated heterocycles. The van der Waals surface area contributed by atoms with Gasteiger partial charge >= 0.3 is 0 Å². The highest BCUT2D eigenvalue weighted by Crippen LogP contribution is 2.03. The summed E-state index contributed by atoms with van der Waals surface area (Å²) in [7, 11) is 0. The number of thiol groups is 1. The van der Waals surface area contributed by atoms with E-state index >= 15 is 0 Å². The van der Waals surface area contributed by atoms with Gasteiger partial charge in [0.2, 0.25) is 0 Å². The van der Waals surface area contributed by atoms with Crippen molar-refractivity contribution in [1.82, 2.24) is 0 Å². The highest BCUT2D eigenvalue weighted by molar-refractivity contribution is 7.81. The van der Waals surface area contributed by atoms with Crippen LogP contribution in [-0.4, -0.2) is 21.8 Å². The summed E-state index contributed by atoms with van der Waals surface area (Å²) in [6.07, 6.45) is 0. The molecule has 1 atom stereocenters. The summed E-state index contributed by atoms with van der Waals surface area (Å²) in [6, 6.07) is 0. The maximum absolute atomic E-state index is 8.44. The monoisotopic (exact) mass is 108 g/mol. The summed E-state index contributed by atoms with van der Waals surface area (Å²) in [5.41, 5.74) is 0. The van der Waals surface area contributed by atoms with E-state index < -0.39 is 4.93 Å². The molecule has 0 aliphatic heterocycles. The molecule has 2 N–H and O–H groups in total. The molecular weight excluding hydrogens is 100 g/mol. The first-order valence-electron chi connectivity index (χ1n) is 1.62. The van der Waals surface area contributed by atoms with Crippen LogP contribution in [0.2, 0.25) is 0 Å². The molecule has 6 heavy (non-hydrogen) atoms. The second-order valence-corrected chi connectivity index (χ2v) is 2.34. The Hall–Kier alpha value is 0.270. The van der Waals surface area contributed by atoms with E-state index in [9.17, 15) is 0 Å². The predicted molar refractivity (Wildman–Crippen MR) is 26.7 cm³/mol. The third kappa shape index (κ3) is 4.27. The van der Waals surface area contributed by atoms with Gasteiger partial charge in [-0.2, -0.15) is 0 Å². The maximum atomic E-state index is 8.44. The standard InChI is InChI=1S/C3H8O2S/c1-3(5,6)2-4/h4-6H,2H2,1H3. The van der Waals surface area contributed by atoms with Crippen molar-refractivity contribution in [2.75, 3.05) is 6.61 Å². The van der Waals surface area contributed by atoms with Gasteiger partial charge in [0, 0.05) is 0 Å². The van der Waals surface area contributed by atoms with Gasteiger partial charge in [-0.3, -0.25) is 0 Å². The molecule has 0 radical (unpaired) electrons. The fraction of sp³-hybridized carbons (Fsp3) is 1.00. The van der Waals surface area contributed by atoms with E-state index in [0.29, 0.717) is 0 Å². The summed E-state index contributed by atoms with van der Waals surface area (Å²) in [5, 5.41) is 16.5. The maximum Gasteiger partial charge on any atom is 0.127 e. The van der Waals surface area contributed by atoms with Crippen LogP contribution in [0.4, 0.5) is 0 Å². The van der Waals surface area contributed by atoms with E-state index in [2.05, 4.69) is 12.6 Å². The summed E-state index contributed by atoms with van der Waals surface area (Å²) < 4.78 is 0. The second kappa shape index (κ2) is 1.82. The molecule has 0 aliphatic carbocycles. The first kappa shape index (κ1) is 6.27. The SMILES string of the molecule is CC(O)(S)CO. The summed E-state index contributed by atoms with van der Waals surface area (Å²) in [5.74, 6) is 0. The molecule has 3 heteroatoms. The Morgan fingerprint density at radius 1 is 1.83 bits per heavy atom. The Labute approximate surface area is 42.2 Å². The van der Waals surface area contributed by atoms with E-state index in [4.69, 9.17) is 10.2 Å². The molecule has 0 saturated carbocycles. The van der Waals surface area contributed by atoms with Crippen LogP contribution in [0.15, 0.2) is 0 Å². The topological polar surface area (TPSA) is 40.5 Å². The average Bonchev–Trinajstić information content (AvgIpc) is 1.35. The van der Waals surface area contributed by atoms with Crippen LogP contribution >= 0.6 is 12.6 Å². The normalized spacial score (nSPS) is 20.0. The molecule has 0 amide bonds. The van der Waals surface area contributed by atoms with Gasteiger partial charge in [0.05, 0.1) is 6.61 Å².